The van der Waals surface area contributed by atoms with Crippen LogP contribution >= 0.6 is 0 Å². The topological polar surface area (TPSA) is 91.0 Å². The summed E-state index contributed by atoms with van der Waals surface area (Å²) in [6, 6.07) is 8.87. The van der Waals surface area contributed by atoms with E-state index >= 15 is 0 Å². The normalized spacial score (nSPS) is 14.7. The van der Waals surface area contributed by atoms with Crippen LogP contribution in [0.1, 0.15) is 5.56 Å². The lowest BCUT2D eigenvalue weighted by atomic mass is 10.1. The third-order valence-corrected chi connectivity index (χ3v) is 6.27. The van der Waals surface area contributed by atoms with Gasteiger partial charge in [0.05, 0.1) is 5.25 Å². The summed E-state index contributed by atoms with van der Waals surface area (Å²) in [7, 11) is -3.04. The molecule has 7 nitrogen and oxygen atoms in total. The Morgan fingerprint density at radius 2 is 1.79 bits per heavy atom. The fraction of sp³-hybridized carbons (Fsp3) is 0.263. The van der Waals surface area contributed by atoms with Gasteiger partial charge < -0.3 is 10.2 Å². The lowest BCUT2D eigenvalue weighted by Crippen LogP contribution is -2.54. The number of H-pyrrole nitrogens is 1. The summed E-state index contributed by atoms with van der Waals surface area (Å²) in [5.74, 6) is -0.913. The van der Waals surface area contributed by atoms with Gasteiger partial charge in [0, 0.05) is 42.3 Å². The molecule has 0 atom stereocenters. The molecule has 152 valence electrons. The summed E-state index contributed by atoms with van der Waals surface area (Å²) in [4.78, 5) is 6.23. The number of anilines is 3. The van der Waals surface area contributed by atoms with Crippen molar-refractivity contribution in [2.24, 2.45) is 0 Å². The van der Waals surface area contributed by atoms with E-state index in [1.165, 1.54) is 18.4 Å². The molecule has 1 fully saturated rings. The van der Waals surface area contributed by atoms with Gasteiger partial charge in [-0.15, -0.1) is 5.10 Å². The number of aromatic amines is 1. The molecule has 0 spiro atoms. The van der Waals surface area contributed by atoms with Crippen molar-refractivity contribution in [3.8, 4) is 11.4 Å². The van der Waals surface area contributed by atoms with Crippen molar-refractivity contribution in [2.75, 3.05) is 29.6 Å². The zero-order valence-electron chi connectivity index (χ0n) is 15.8. The summed E-state index contributed by atoms with van der Waals surface area (Å²) in [5.41, 5.74) is 2.85. The number of nitrogens with zero attached hydrogens (tertiary/aromatic N) is 3. The zero-order valence-corrected chi connectivity index (χ0v) is 16.6. The fourth-order valence-corrected chi connectivity index (χ4v) is 4.11. The first-order chi connectivity index (χ1) is 13.7. The molecule has 0 saturated carbocycles. The largest absolute Gasteiger partial charge is 0.369 e. The summed E-state index contributed by atoms with van der Waals surface area (Å²) in [5, 5.41) is 9.42. The molecule has 1 aliphatic rings. The van der Waals surface area contributed by atoms with E-state index in [1.807, 2.05) is 30.0 Å². The minimum absolute atomic E-state index is 0.234. The van der Waals surface area contributed by atoms with Crippen LogP contribution in [0.5, 0.6) is 0 Å². The Bertz CT molecular complexity index is 1150. The Kier molecular flexibility index (Phi) is 4.73. The van der Waals surface area contributed by atoms with Crippen LogP contribution in [0, 0.1) is 18.6 Å². The van der Waals surface area contributed by atoms with Crippen molar-refractivity contribution >= 4 is 27.2 Å². The van der Waals surface area contributed by atoms with Crippen molar-refractivity contribution in [3.63, 3.8) is 0 Å². The van der Waals surface area contributed by atoms with Crippen LogP contribution in [-0.2, 0) is 9.84 Å². The average molecular weight is 419 g/mol. The zero-order chi connectivity index (χ0) is 20.8. The number of hydrogen-bond donors (Lipinski definition) is 2. The SMILES string of the molecule is Cc1cc(Nc2n[nH]c(-c3cc(F)cc(F)c3)n2)cc(N2CC(S(C)(=O)=O)C2)c1. The molecule has 2 aromatic carbocycles. The van der Waals surface area contributed by atoms with Crippen molar-refractivity contribution in [1.82, 2.24) is 15.2 Å². The average Bonchev–Trinajstić information content (AvgIpc) is 2.99. The number of aryl methyl sites for hydroxylation is 1. The molecule has 3 aromatic rings. The second kappa shape index (κ2) is 7.11. The second-order valence-corrected chi connectivity index (χ2v) is 9.53. The highest BCUT2D eigenvalue weighted by Crippen LogP contribution is 2.29. The van der Waals surface area contributed by atoms with Gasteiger partial charge in [-0.25, -0.2) is 17.2 Å². The lowest BCUT2D eigenvalue weighted by Gasteiger charge is -2.40. The maximum absolute atomic E-state index is 13.4. The molecule has 29 heavy (non-hydrogen) atoms. The van der Waals surface area contributed by atoms with Gasteiger partial charge in [-0.05, 0) is 42.8 Å². The summed E-state index contributed by atoms with van der Waals surface area (Å²) in [6.45, 7) is 2.84. The lowest BCUT2D eigenvalue weighted by molar-refractivity contribution is 0.547. The molecule has 0 radical (unpaired) electrons. The summed E-state index contributed by atoms with van der Waals surface area (Å²) in [6.07, 6.45) is 1.25. The van der Waals surface area contributed by atoms with Crippen molar-refractivity contribution < 1.29 is 17.2 Å². The standard InChI is InChI=1S/C19H19F2N5O2S/c1-11-3-15(8-16(4-11)26-9-17(10-26)29(2,27)28)22-19-23-18(24-25-19)12-5-13(20)7-14(21)6-12/h3-8,17H,9-10H2,1-2H3,(H2,22,23,24,25). The van der Waals surface area contributed by atoms with E-state index in [9.17, 15) is 17.2 Å². The molecule has 2 N–H and O–H groups in total. The van der Waals surface area contributed by atoms with Crippen LogP contribution in [0.25, 0.3) is 11.4 Å². The maximum atomic E-state index is 13.4. The summed E-state index contributed by atoms with van der Waals surface area (Å²) >= 11 is 0. The minimum atomic E-state index is -3.04. The van der Waals surface area contributed by atoms with E-state index < -0.39 is 21.5 Å². The van der Waals surface area contributed by atoms with E-state index in [-0.39, 0.29) is 22.6 Å². The number of sulfone groups is 1. The quantitative estimate of drug-likeness (QED) is 0.661. The Balaban J connectivity index is 1.52. The minimum Gasteiger partial charge on any atom is -0.369 e. The predicted octanol–water partition coefficient (Wildman–Crippen LogP) is 3.04. The van der Waals surface area contributed by atoms with E-state index in [2.05, 4.69) is 20.5 Å². The first-order valence-electron chi connectivity index (χ1n) is 8.89. The number of nitrogens with one attached hydrogen (secondary N) is 2. The Hall–Kier alpha value is -3.01. The Morgan fingerprint density at radius 1 is 1.10 bits per heavy atom. The highest BCUT2D eigenvalue weighted by molar-refractivity contribution is 7.91. The molecular weight excluding hydrogens is 400 g/mol. The predicted molar refractivity (Wildman–Crippen MR) is 107 cm³/mol. The molecule has 1 aromatic heterocycles. The van der Waals surface area contributed by atoms with Crippen LogP contribution < -0.4 is 10.2 Å². The molecule has 0 bridgehead atoms. The van der Waals surface area contributed by atoms with Crippen molar-refractivity contribution in [2.45, 2.75) is 12.2 Å². The highest BCUT2D eigenvalue weighted by Gasteiger charge is 2.34. The van der Waals surface area contributed by atoms with E-state index in [0.717, 1.165) is 23.0 Å². The molecule has 10 heteroatoms. The van der Waals surface area contributed by atoms with Gasteiger partial charge in [0.25, 0.3) is 0 Å². The molecule has 2 heterocycles. The Morgan fingerprint density at radius 3 is 2.45 bits per heavy atom. The van der Waals surface area contributed by atoms with E-state index in [1.54, 1.807) is 0 Å². The molecule has 4 rings (SSSR count). The van der Waals surface area contributed by atoms with Gasteiger partial charge in [0.1, 0.15) is 11.6 Å². The van der Waals surface area contributed by atoms with Crippen LogP contribution in [0.3, 0.4) is 0 Å². The van der Waals surface area contributed by atoms with E-state index in [0.29, 0.717) is 13.1 Å². The smallest absolute Gasteiger partial charge is 0.246 e. The molecule has 0 aliphatic carbocycles. The van der Waals surface area contributed by atoms with Crippen LogP contribution in [-0.4, -0.2) is 48.2 Å². The van der Waals surface area contributed by atoms with Crippen LogP contribution in [0.2, 0.25) is 0 Å². The maximum Gasteiger partial charge on any atom is 0.246 e. The van der Waals surface area contributed by atoms with Crippen molar-refractivity contribution in [3.05, 3.63) is 53.6 Å². The molecule has 1 saturated heterocycles. The van der Waals surface area contributed by atoms with Gasteiger partial charge in [0.15, 0.2) is 15.7 Å². The van der Waals surface area contributed by atoms with Crippen LogP contribution in [0.4, 0.5) is 26.1 Å². The molecule has 1 aliphatic heterocycles. The summed E-state index contributed by atoms with van der Waals surface area (Å²) < 4.78 is 50.1. The number of halogens is 2. The fourth-order valence-electron chi connectivity index (χ4n) is 3.20. The van der Waals surface area contributed by atoms with Gasteiger partial charge in [-0.1, -0.05) is 0 Å². The Labute approximate surface area is 166 Å². The third kappa shape index (κ3) is 4.21. The van der Waals surface area contributed by atoms with E-state index in [4.69, 9.17) is 0 Å². The number of benzene rings is 2. The molecule has 0 amide bonds. The number of aromatic nitrogens is 3. The van der Waals surface area contributed by atoms with Crippen molar-refractivity contribution in [1.29, 1.82) is 0 Å². The van der Waals surface area contributed by atoms with Gasteiger partial charge in [-0.3, -0.25) is 5.10 Å². The molecular formula is C19H19F2N5O2S. The number of hydrogen-bond acceptors (Lipinski definition) is 6. The van der Waals surface area contributed by atoms with Gasteiger partial charge in [-0.2, -0.15) is 4.98 Å². The van der Waals surface area contributed by atoms with Gasteiger partial charge in [0.2, 0.25) is 5.95 Å². The van der Waals surface area contributed by atoms with Crippen LogP contribution in [0.15, 0.2) is 36.4 Å². The number of rotatable bonds is 5. The first kappa shape index (κ1) is 19.3. The van der Waals surface area contributed by atoms with Gasteiger partial charge >= 0.3 is 0 Å². The second-order valence-electron chi connectivity index (χ2n) is 7.20. The third-order valence-electron chi connectivity index (χ3n) is 4.76. The first-order valence-corrected chi connectivity index (χ1v) is 10.8. The highest BCUT2D eigenvalue weighted by atomic mass is 32.2. The monoisotopic (exact) mass is 419 g/mol. The molecule has 0 unspecified atom stereocenters.